The van der Waals surface area contributed by atoms with Crippen molar-refractivity contribution in [2.45, 2.75) is 6.92 Å². The highest BCUT2D eigenvalue weighted by atomic mass is 35.5. The van der Waals surface area contributed by atoms with Crippen molar-refractivity contribution in [2.75, 3.05) is 13.6 Å². The zero-order valence-electron chi connectivity index (χ0n) is 9.85. The average molecular weight is 291 g/mol. The summed E-state index contributed by atoms with van der Waals surface area (Å²) in [5.41, 5.74) is 0.196. The Morgan fingerprint density at radius 1 is 1.44 bits per heavy atom. The summed E-state index contributed by atoms with van der Waals surface area (Å²) in [4.78, 5) is 27.8. The number of aromatic nitrogens is 1. The average Bonchev–Trinajstić information content (AvgIpc) is 2.27. The Bertz CT molecular complexity index is 479. The van der Waals surface area contributed by atoms with Crippen LogP contribution in [0.25, 0.3) is 0 Å². The smallest absolute Gasteiger partial charge is 0.308 e. The van der Waals surface area contributed by atoms with Crippen molar-refractivity contribution in [3.05, 3.63) is 28.0 Å². The molecule has 0 bridgehead atoms. The zero-order chi connectivity index (χ0) is 13.9. The first-order valence-electron chi connectivity index (χ1n) is 5.13. The minimum absolute atomic E-state index is 0.00216. The topological polar surface area (TPSA) is 70.5 Å². The fraction of sp³-hybridized carbons (Fsp3) is 0.364. The second kappa shape index (κ2) is 6.02. The molecule has 1 amide bonds. The third-order valence-corrected chi connectivity index (χ3v) is 2.86. The van der Waals surface area contributed by atoms with E-state index in [-0.39, 0.29) is 22.4 Å². The van der Waals surface area contributed by atoms with Gasteiger partial charge in [0.05, 0.1) is 11.5 Å². The minimum atomic E-state index is -0.963. The van der Waals surface area contributed by atoms with Crippen molar-refractivity contribution in [1.82, 2.24) is 9.88 Å². The van der Waals surface area contributed by atoms with E-state index in [9.17, 15) is 9.59 Å². The van der Waals surface area contributed by atoms with Crippen LogP contribution >= 0.6 is 23.2 Å². The standard InChI is InChI=1S/C11H12Cl2N2O3/c1-6(11(17)18)5-15(2)10(16)7-3-4-8(12)14-9(7)13/h3-4,6H,5H2,1-2H3,(H,17,18). The Kier molecular flexibility index (Phi) is 4.93. The van der Waals surface area contributed by atoms with Gasteiger partial charge < -0.3 is 10.0 Å². The monoisotopic (exact) mass is 290 g/mol. The van der Waals surface area contributed by atoms with Gasteiger partial charge in [-0.05, 0) is 12.1 Å². The molecule has 1 N–H and O–H groups in total. The van der Waals surface area contributed by atoms with Crippen LogP contribution in [0.2, 0.25) is 10.3 Å². The van der Waals surface area contributed by atoms with Gasteiger partial charge in [-0.1, -0.05) is 30.1 Å². The number of aliphatic carboxylic acids is 1. The molecule has 1 unspecified atom stereocenters. The number of hydrogen-bond donors (Lipinski definition) is 1. The van der Waals surface area contributed by atoms with Gasteiger partial charge in [-0.15, -0.1) is 0 Å². The lowest BCUT2D eigenvalue weighted by atomic mass is 10.1. The maximum absolute atomic E-state index is 12.0. The van der Waals surface area contributed by atoms with Crippen molar-refractivity contribution in [2.24, 2.45) is 5.92 Å². The molecule has 1 aromatic heterocycles. The molecule has 1 rings (SSSR count). The molecule has 0 saturated carbocycles. The molecule has 0 spiro atoms. The van der Waals surface area contributed by atoms with Gasteiger partial charge in [0.2, 0.25) is 0 Å². The first-order valence-corrected chi connectivity index (χ1v) is 5.88. The van der Waals surface area contributed by atoms with Crippen molar-refractivity contribution in [1.29, 1.82) is 0 Å². The molecule has 1 heterocycles. The Balaban J connectivity index is 2.83. The summed E-state index contributed by atoms with van der Waals surface area (Å²) in [6.45, 7) is 1.61. The molecule has 0 fully saturated rings. The Hall–Kier alpha value is -1.33. The molecular weight excluding hydrogens is 279 g/mol. The summed E-state index contributed by atoms with van der Waals surface area (Å²) < 4.78 is 0. The molecule has 1 atom stereocenters. The van der Waals surface area contributed by atoms with Crippen molar-refractivity contribution in [3.8, 4) is 0 Å². The maximum atomic E-state index is 12.0. The van der Waals surface area contributed by atoms with Crippen LogP contribution in [0, 0.1) is 5.92 Å². The second-order valence-corrected chi connectivity index (χ2v) is 4.64. The van der Waals surface area contributed by atoms with Crippen molar-refractivity contribution in [3.63, 3.8) is 0 Å². The maximum Gasteiger partial charge on any atom is 0.308 e. The number of nitrogens with zero attached hydrogens (tertiary/aromatic N) is 2. The lowest BCUT2D eigenvalue weighted by Crippen LogP contribution is -2.33. The zero-order valence-corrected chi connectivity index (χ0v) is 11.4. The van der Waals surface area contributed by atoms with Gasteiger partial charge in [0, 0.05) is 13.6 Å². The quantitative estimate of drug-likeness (QED) is 0.863. The lowest BCUT2D eigenvalue weighted by molar-refractivity contribution is -0.141. The molecule has 7 heteroatoms. The summed E-state index contributed by atoms with van der Waals surface area (Å²) in [6, 6.07) is 2.91. The summed E-state index contributed by atoms with van der Waals surface area (Å²) >= 11 is 11.4. The van der Waals surface area contributed by atoms with E-state index in [1.165, 1.54) is 31.0 Å². The number of hydrogen-bond acceptors (Lipinski definition) is 3. The minimum Gasteiger partial charge on any atom is -0.481 e. The highest BCUT2D eigenvalue weighted by Crippen LogP contribution is 2.18. The number of halogens is 2. The first-order chi connectivity index (χ1) is 8.32. The van der Waals surface area contributed by atoms with Gasteiger partial charge in [0.15, 0.2) is 0 Å². The molecule has 0 radical (unpaired) electrons. The van der Waals surface area contributed by atoms with Crippen LogP contribution in [-0.4, -0.2) is 40.5 Å². The molecule has 0 aromatic carbocycles. The van der Waals surface area contributed by atoms with E-state index in [4.69, 9.17) is 28.3 Å². The Morgan fingerprint density at radius 2 is 2.06 bits per heavy atom. The number of rotatable bonds is 4. The van der Waals surface area contributed by atoms with Crippen LogP contribution in [0.15, 0.2) is 12.1 Å². The normalized spacial score (nSPS) is 12.0. The number of carboxylic acid groups (broad SMARTS) is 1. The molecule has 0 aliphatic carbocycles. The van der Waals surface area contributed by atoms with Gasteiger partial charge in [0.1, 0.15) is 10.3 Å². The number of carbonyl (C=O) groups excluding carboxylic acids is 1. The van der Waals surface area contributed by atoms with Crippen LogP contribution in [-0.2, 0) is 4.79 Å². The molecule has 98 valence electrons. The van der Waals surface area contributed by atoms with Gasteiger partial charge >= 0.3 is 5.97 Å². The van der Waals surface area contributed by atoms with E-state index < -0.39 is 17.8 Å². The molecule has 18 heavy (non-hydrogen) atoms. The fourth-order valence-corrected chi connectivity index (χ4v) is 1.77. The fourth-order valence-electron chi connectivity index (χ4n) is 1.35. The van der Waals surface area contributed by atoms with Crippen LogP contribution in [0.3, 0.4) is 0 Å². The highest BCUT2D eigenvalue weighted by molar-refractivity contribution is 6.34. The summed E-state index contributed by atoms with van der Waals surface area (Å²) in [5, 5.41) is 8.98. The van der Waals surface area contributed by atoms with Gasteiger partial charge in [0.25, 0.3) is 5.91 Å². The summed E-state index contributed by atoms with van der Waals surface area (Å²) in [7, 11) is 1.51. The van der Waals surface area contributed by atoms with Crippen LogP contribution in [0.4, 0.5) is 0 Å². The summed E-state index contributed by atoms with van der Waals surface area (Å²) in [6.07, 6.45) is 0. The van der Waals surface area contributed by atoms with Gasteiger partial charge in [-0.25, -0.2) is 4.98 Å². The largest absolute Gasteiger partial charge is 0.481 e. The van der Waals surface area contributed by atoms with Gasteiger partial charge in [-0.3, -0.25) is 9.59 Å². The molecule has 0 aliphatic heterocycles. The van der Waals surface area contributed by atoms with E-state index in [0.29, 0.717) is 0 Å². The van der Waals surface area contributed by atoms with Crippen LogP contribution in [0.1, 0.15) is 17.3 Å². The van der Waals surface area contributed by atoms with E-state index in [1.807, 2.05) is 0 Å². The van der Waals surface area contributed by atoms with Crippen molar-refractivity contribution < 1.29 is 14.7 Å². The van der Waals surface area contributed by atoms with E-state index in [2.05, 4.69) is 4.98 Å². The third kappa shape index (κ3) is 3.58. The first kappa shape index (κ1) is 14.7. The van der Waals surface area contributed by atoms with Gasteiger partial charge in [-0.2, -0.15) is 0 Å². The Labute approximate surface area is 114 Å². The lowest BCUT2D eigenvalue weighted by Gasteiger charge is -2.19. The molecule has 0 saturated heterocycles. The SMILES string of the molecule is CC(CN(C)C(=O)c1ccc(Cl)nc1Cl)C(=O)O. The molecular formula is C11H12Cl2N2O3. The van der Waals surface area contributed by atoms with Crippen LogP contribution in [0.5, 0.6) is 0 Å². The Morgan fingerprint density at radius 3 is 2.56 bits per heavy atom. The number of carboxylic acids is 1. The summed E-state index contributed by atoms with van der Waals surface area (Å²) in [5.74, 6) is -2.01. The van der Waals surface area contributed by atoms with Crippen molar-refractivity contribution >= 4 is 35.1 Å². The predicted octanol–water partition coefficient (Wildman–Crippen LogP) is 2.18. The molecule has 5 nitrogen and oxygen atoms in total. The second-order valence-electron chi connectivity index (χ2n) is 3.90. The highest BCUT2D eigenvalue weighted by Gasteiger charge is 2.20. The van der Waals surface area contributed by atoms with E-state index >= 15 is 0 Å². The molecule has 1 aromatic rings. The number of pyridine rings is 1. The van der Waals surface area contributed by atoms with E-state index in [1.54, 1.807) is 0 Å². The van der Waals surface area contributed by atoms with Crippen LogP contribution < -0.4 is 0 Å². The molecule has 0 aliphatic rings. The predicted molar refractivity (Wildman–Crippen MR) is 68.0 cm³/mol. The third-order valence-electron chi connectivity index (χ3n) is 2.36. The number of carbonyl (C=O) groups is 2. The number of amides is 1. The van der Waals surface area contributed by atoms with E-state index in [0.717, 1.165) is 0 Å².